The number of aliphatic carboxylic acids is 1. The van der Waals surface area contributed by atoms with E-state index in [9.17, 15) is 18.0 Å². The van der Waals surface area contributed by atoms with Gasteiger partial charge in [0.1, 0.15) is 0 Å². The summed E-state index contributed by atoms with van der Waals surface area (Å²) in [5.41, 5.74) is 1.94. The number of hydrogen-bond donors (Lipinski definition) is 2. The number of carboxylic acids is 1. The van der Waals surface area contributed by atoms with E-state index < -0.39 is 21.9 Å². The Balaban J connectivity index is 1.71. The van der Waals surface area contributed by atoms with Crippen molar-refractivity contribution >= 4 is 27.6 Å². The zero-order chi connectivity index (χ0) is 17.5. The lowest BCUT2D eigenvalue weighted by atomic mass is 10.1. The van der Waals surface area contributed by atoms with Crippen LogP contribution in [0.4, 0.5) is 5.69 Å². The summed E-state index contributed by atoms with van der Waals surface area (Å²) in [4.78, 5) is 23.3. The van der Waals surface area contributed by atoms with Gasteiger partial charge in [-0.15, -0.1) is 0 Å². The van der Waals surface area contributed by atoms with Crippen molar-refractivity contribution in [2.75, 3.05) is 17.1 Å². The van der Waals surface area contributed by atoms with Gasteiger partial charge in [-0.1, -0.05) is 0 Å². The lowest BCUT2D eigenvalue weighted by Crippen LogP contribution is -2.33. The van der Waals surface area contributed by atoms with Gasteiger partial charge >= 0.3 is 5.97 Å². The molecule has 130 valence electrons. The third-order valence-corrected chi connectivity index (χ3v) is 5.89. The van der Waals surface area contributed by atoms with Gasteiger partial charge in [0.25, 0.3) is 5.91 Å². The Labute approximate surface area is 140 Å². The maximum Gasteiger partial charge on any atom is 0.306 e. The van der Waals surface area contributed by atoms with E-state index in [1.165, 1.54) is 10.6 Å². The molecule has 1 aromatic carbocycles. The third kappa shape index (κ3) is 3.24. The van der Waals surface area contributed by atoms with E-state index in [2.05, 4.69) is 5.32 Å². The second-order valence-electron chi connectivity index (χ2n) is 6.45. The second kappa shape index (κ2) is 6.08. The van der Waals surface area contributed by atoms with Crippen LogP contribution in [-0.4, -0.2) is 44.2 Å². The van der Waals surface area contributed by atoms with Gasteiger partial charge in [-0.3, -0.25) is 13.9 Å². The molecule has 1 aromatic rings. The van der Waals surface area contributed by atoms with Crippen molar-refractivity contribution in [1.29, 1.82) is 0 Å². The van der Waals surface area contributed by atoms with Gasteiger partial charge in [0.05, 0.1) is 17.9 Å². The summed E-state index contributed by atoms with van der Waals surface area (Å²) >= 11 is 0. The molecule has 7 nitrogen and oxygen atoms in total. The van der Waals surface area contributed by atoms with Crippen molar-refractivity contribution < 1.29 is 23.1 Å². The summed E-state index contributed by atoms with van der Waals surface area (Å²) in [6.45, 7) is 0.391. The smallest absolute Gasteiger partial charge is 0.306 e. The average Bonchev–Trinajstić information content (AvgIpc) is 3.11. The van der Waals surface area contributed by atoms with E-state index in [1.54, 1.807) is 18.2 Å². The SMILES string of the molecule is CS(=O)(=O)N1CCc2cc(C(=O)N[C@H]3CC[C@@H](C(=O)O)C3)ccc21. The highest BCUT2D eigenvalue weighted by molar-refractivity contribution is 7.92. The molecule has 1 aliphatic heterocycles. The molecule has 0 spiro atoms. The van der Waals surface area contributed by atoms with E-state index in [0.717, 1.165) is 5.56 Å². The molecule has 1 aliphatic carbocycles. The Bertz CT molecular complexity index is 790. The molecule has 0 bridgehead atoms. The van der Waals surface area contributed by atoms with Gasteiger partial charge in [0.15, 0.2) is 0 Å². The summed E-state index contributed by atoms with van der Waals surface area (Å²) in [5, 5.41) is 11.9. The quantitative estimate of drug-likeness (QED) is 0.841. The molecule has 0 saturated heterocycles. The molecule has 1 fully saturated rings. The summed E-state index contributed by atoms with van der Waals surface area (Å²) < 4.78 is 24.8. The summed E-state index contributed by atoms with van der Waals surface area (Å²) in [6.07, 6.45) is 3.44. The lowest BCUT2D eigenvalue weighted by molar-refractivity contribution is -0.141. The Morgan fingerprint density at radius 2 is 2.04 bits per heavy atom. The van der Waals surface area contributed by atoms with E-state index >= 15 is 0 Å². The molecule has 0 unspecified atom stereocenters. The van der Waals surface area contributed by atoms with Crippen LogP contribution in [0.25, 0.3) is 0 Å². The third-order valence-electron chi connectivity index (χ3n) is 4.71. The molecule has 0 radical (unpaired) electrons. The van der Waals surface area contributed by atoms with Crippen LogP contribution in [0.3, 0.4) is 0 Å². The molecule has 2 atom stereocenters. The van der Waals surface area contributed by atoms with Crippen LogP contribution < -0.4 is 9.62 Å². The van der Waals surface area contributed by atoms with Crippen molar-refractivity contribution in [3.05, 3.63) is 29.3 Å². The fourth-order valence-corrected chi connectivity index (χ4v) is 4.42. The number of fused-ring (bicyclic) bond motifs is 1. The number of benzene rings is 1. The van der Waals surface area contributed by atoms with Crippen LogP contribution in [0.15, 0.2) is 18.2 Å². The zero-order valence-corrected chi connectivity index (χ0v) is 14.2. The molecule has 3 rings (SSSR count). The molecule has 1 saturated carbocycles. The van der Waals surface area contributed by atoms with Crippen LogP contribution in [0.5, 0.6) is 0 Å². The minimum absolute atomic E-state index is 0.126. The Hall–Kier alpha value is -2.09. The number of rotatable bonds is 4. The molecule has 1 heterocycles. The van der Waals surface area contributed by atoms with Crippen molar-refractivity contribution in [3.63, 3.8) is 0 Å². The Kier molecular flexibility index (Phi) is 4.25. The summed E-state index contributed by atoms with van der Waals surface area (Å²) in [6, 6.07) is 4.87. The number of anilines is 1. The fourth-order valence-electron chi connectivity index (χ4n) is 3.46. The predicted octanol–water partition coefficient (Wildman–Crippen LogP) is 0.992. The number of sulfonamides is 1. The minimum Gasteiger partial charge on any atom is -0.481 e. The highest BCUT2D eigenvalue weighted by Crippen LogP contribution is 2.31. The van der Waals surface area contributed by atoms with E-state index in [4.69, 9.17) is 5.11 Å². The van der Waals surface area contributed by atoms with Gasteiger partial charge in [-0.05, 0) is 49.4 Å². The molecule has 8 heteroatoms. The first kappa shape index (κ1) is 16.8. The standard InChI is InChI=1S/C16H20N2O5S/c1-24(22,23)18-7-6-10-8-11(3-5-14(10)18)15(19)17-13-4-2-12(9-13)16(20)21/h3,5,8,12-13H,2,4,6-7,9H2,1H3,(H,17,19)(H,20,21)/t12-,13+/m1/s1. The monoisotopic (exact) mass is 352 g/mol. The highest BCUT2D eigenvalue weighted by Gasteiger charge is 2.31. The molecule has 1 amide bonds. The zero-order valence-electron chi connectivity index (χ0n) is 13.4. The van der Waals surface area contributed by atoms with Crippen molar-refractivity contribution in [1.82, 2.24) is 5.32 Å². The van der Waals surface area contributed by atoms with Gasteiger partial charge < -0.3 is 10.4 Å². The largest absolute Gasteiger partial charge is 0.481 e. The first-order chi connectivity index (χ1) is 11.3. The van der Waals surface area contributed by atoms with Crippen LogP contribution in [0, 0.1) is 5.92 Å². The Morgan fingerprint density at radius 3 is 2.67 bits per heavy atom. The van der Waals surface area contributed by atoms with Gasteiger partial charge in [-0.2, -0.15) is 0 Å². The number of nitrogens with one attached hydrogen (secondary N) is 1. The highest BCUT2D eigenvalue weighted by atomic mass is 32.2. The lowest BCUT2D eigenvalue weighted by Gasteiger charge is -2.17. The molecular weight excluding hydrogens is 332 g/mol. The number of nitrogens with zero attached hydrogens (tertiary/aromatic N) is 1. The Morgan fingerprint density at radius 1 is 1.29 bits per heavy atom. The molecule has 2 aliphatic rings. The first-order valence-electron chi connectivity index (χ1n) is 7.90. The number of hydrogen-bond acceptors (Lipinski definition) is 4. The normalized spacial score (nSPS) is 23.1. The van der Waals surface area contributed by atoms with Gasteiger partial charge in [0.2, 0.25) is 10.0 Å². The van der Waals surface area contributed by atoms with Crippen molar-refractivity contribution in [3.8, 4) is 0 Å². The van der Waals surface area contributed by atoms with E-state index in [-0.39, 0.29) is 11.9 Å². The van der Waals surface area contributed by atoms with Crippen LogP contribution in [-0.2, 0) is 21.2 Å². The first-order valence-corrected chi connectivity index (χ1v) is 9.75. The van der Waals surface area contributed by atoms with Gasteiger partial charge in [-0.25, -0.2) is 8.42 Å². The topological polar surface area (TPSA) is 104 Å². The van der Waals surface area contributed by atoms with Crippen LogP contribution in [0.2, 0.25) is 0 Å². The molecular formula is C16H20N2O5S. The van der Waals surface area contributed by atoms with Gasteiger partial charge in [0, 0.05) is 18.2 Å². The average molecular weight is 352 g/mol. The summed E-state index contributed by atoms with van der Waals surface area (Å²) in [7, 11) is -3.30. The number of carboxylic acid groups (broad SMARTS) is 1. The van der Waals surface area contributed by atoms with Crippen molar-refractivity contribution in [2.45, 2.75) is 31.7 Å². The van der Waals surface area contributed by atoms with Crippen molar-refractivity contribution in [2.24, 2.45) is 5.92 Å². The second-order valence-corrected chi connectivity index (χ2v) is 8.35. The number of amides is 1. The van der Waals surface area contributed by atoms with Crippen LogP contribution in [0.1, 0.15) is 35.2 Å². The maximum absolute atomic E-state index is 12.4. The number of carbonyl (C=O) groups is 2. The number of carbonyl (C=O) groups excluding carboxylic acids is 1. The maximum atomic E-state index is 12.4. The van der Waals surface area contributed by atoms with E-state index in [1.807, 2.05) is 0 Å². The minimum atomic E-state index is -3.30. The molecule has 2 N–H and O–H groups in total. The predicted molar refractivity (Wildman–Crippen MR) is 88.6 cm³/mol. The van der Waals surface area contributed by atoms with E-state index in [0.29, 0.717) is 43.5 Å². The van der Waals surface area contributed by atoms with Crippen LogP contribution >= 0.6 is 0 Å². The molecule has 0 aromatic heterocycles. The molecule has 24 heavy (non-hydrogen) atoms. The summed E-state index contributed by atoms with van der Waals surface area (Å²) in [5.74, 6) is -1.45. The fraction of sp³-hybridized carbons (Fsp3) is 0.500.